The van der Waals surface area contributed by atoms with Crippen molar-refractivity contribution < 1.29 is 9.53 Å². The number of aryl methyl sites for hydroxylation is 1. The maximum atomic E-state index is 11.8. The molecule has 1 aliphatic heterocycles. The molecule has 0 unspecified atom stereocenters. The Morgan fingerprint density at radius 3 is 2.69 bits per heavy atom. The number of nitrogens with one attached hydrogen (secondary N) is 1. The van der Waals surface area contributed by atoms with Gasteiger partial charge in [-0.3, -0.25) is 0 Å². The van der Waals surface area contributed by atoms with E-state index in [1.54, 1.807) is 0 Å². The zero-order valence-corrected chi connectivity index (χ0v) is 16.0. The molecule has 3 nitrogen and oxygen atoms in total. The lowest BCUT2D eigenvalue weighted by Gasteiger charge is -2.44. The van der Waals surface area contributed by atoms with Crippen molar-refractivity contribution in [2.45, 2.75) is 44.6 Å². The van der Waals surface area contributed by atoms with E-state index in [4.69, 9.17) is 16.3 Å². The molecular formula is C22H24ClNO2. The van der Waals surface area contributed by atoms with Crippen LogP contribution in [0.5, 0.6) is 0 Å². The van der Waals surface area contributed by atoms with E-state index < -0.39 is 0 Å². The summed E-state index contributed by atoms with van der Waals surface area (Å²) >= 11 is 6.28. The number of fused-ring (bicyclic) bond motifs is 3. The minimum absolute atomic E-state index is 0.265. The van der Waals surface area contributed by atoms with Gasteiger partial charge < -0.3 is 10.1 Å². The van der Waals surface area contributed by atoms with E-state index in [1.165, 1.54) is 49.6 Å². The second-order valence-electron chi connectivity index (χ2n) is 7.47. The molecule has 136 valence electrons. The van der Waals surface area contributed by atoms with E-state index in [1.807, 2.05) is 18.2 Å². The van der Waals surface area contributed by atoms with Gasteiger partial charge in [0.25, 0.3) is 0 Å². The number of carbonyl (C=O) groups is 1. The molecule has 0 radical (unpaired) electrons. The summed E-state index contributed by atoms with van der Waals surface area (Å²) in [6, 6.07) is 12.4. The normalized spacial score (nSPS) is 24.2. The molecule has 3 atom stereocenters. The Balaban J connectivity index is 1.74. The lowest BCUT2D eigenvalue weighted by atomic mass is 9.67. The number of halogens is 1. The van der Waals surface area contributed by atoms with Gasteiger partial charge in [-0.1, -0.05) is 30.5 Å². The maximum absolute atomic E-state index is 11.8. The maximum Gasteiger partial charge on any atom is 0.337 e. The Morgan fingerprint density at radius 2 is 1.92 bits per heavy atom. The van der Waals surface area contributed by atoms with Gasteiger partial charge >= 0.3 is 5.97 Å². The molecule has 0 saturated heterocycles. The van der Waals surface area contributed by atoms with Crippen LogP contribution >= 0.6 is 11.6 Å². The first kappa shape index (κ1) is 17.4. The summed E-state index contributed by atoms with van der Waals surface area (Å²) in [4.78, 5) is 11.8. The SMILES string of the molecule is COC(=O)c1ccc([C@@H]2Nc3ccc(Cl)cc3[C@@H]3CCCC[C@@H]32)c(C)c1. The van der Waals surface area contributed by atoms with Gasteiger partial charge in [0.2, 0.25) is 0 Å². The summed E-state index contributed by atoms with van der Waals surface area (Å²) in [7, 11) is 1.42. The first-order valence-corrected chi connectivity index (χ1v) is 9.71. The molecule has 0 aromatic heterocycles. The predicted octanol–water partition coefficient (Wildman–Crippen LogP) is 5.88. The van der Waals surface area contributed by atoms with Crippen molar-refractivity contribution >= 4 is 23.3 Å². The number of anilines is 1. The molecule has 1 fully saturated rings. The van der Waals surface area contributed by atoms with Gasteiger partial charge in [0.1, 0.15) is 0 Å². The summed E-state index contributed by atoms with van der Waals surface area (Å²) in [6.07, 6.45) is 4.98. The van der Waals surface area contributed by atoms with Crippen LogP contribution in [0.2, 0.25) is 5.02 Å². The molecule has 26 heavy (non-hydrogen) atoms. The van der Waals surface area contributed by atoms with Crippen LogP contribution in [0.3, 0.4) is 0 Å². The van der Waals surface area contributed by atoms with Gasteiger partial charge in [0.15, 0.2) is 0 Å². The average Bonchev–Trinajstić information content (AvgIpc) is 2.67. The van der Waals surface area contributed by atoms with Crippen LogP contribution in [-0.4, -0.2) is 13.1 Å². The van der Waals surface area contributed by atoms with Crippen LogP contribution in [0, 0.1) is 12.8 Å². The molecule has 1 heterocycles. The molecule has 1 saturated carbocycles. The van der Waals surface area contributed by atoms with Crippen LogP contribution in [-0.2, 0) is 4.74 Å². The number of methoxy groups -OCH3 is 1. The van der Waals surface area contributed by atoms with Gasteiger partial charge in [0.05, 0.1) is 18.7 Å². The van der Waals surface area contributed by atoms with Crippen molar-refractivity contribution in [3.8, 4) is 0 Å². The highest BCUT2D eigenvalue weighted by Crippen LogP contribution is 2.52. The minimum atomic E-state index is -0.285. The molecule has 2 aromatic rings. The van der Waals surface area contributed by atoms with Crippen LogP contribution in [0.25, 0.3) is 0 Å². The molecule has 0 bridgehead atoms. The Morgan fingerprint density at radius 1 is 1.12 bits per heavy atom. The van der Waals surface area contributed by atoms with Crippen LogP contribution in [0.1, 0.15) is 64.7 Å². The molecule has 0 spiro atoms. The lowest BCUT2D eigenvalue weighted by molar-refractivity contribution is 0.0600. The molecule has 4 heteroatoms. The summed E-state index contributed by atoms with van der Waals surface area (Å²) in [6.45, 7) is 2.08. The molecule has 1 aliphatic carbocycles. The first-order chi connectivity index (χ1) is 12.6. The minimum Gasteiger partial charge on any atom is -0.465 e. The van der Waals surface area contributed by atoms with Gasteiger partial charge in [-0.15, -0.1) is 0 Å². The van der Waals surface area contributed by atoms with E-state index in [0.29, 0.717) is 17.4 Å². The average molecular weight is 370 g/mol. The van der Waals surface area contributed by atoms with Crippen LogP contribution < -0.4 is 5.32 Å². The van der Waals surface area contributed by atoms with Crippen molar-refractivity contribution in [1.29, 1.82) is 0 Å². The molecule has 0 amide bonds. The number of benzene rings is 2. The second kappa shape index (κ2) is 6.96. The van der Waals surface area contributed by atoms with Crippen molar-refractivity contribution in [2.24, 2.45) is 5.92 Å². The Bertz CT molecular complexity index is 848. The number of esters is 1. The molecule has 4 rings (SSSR count). The van der Waals surface area contributed by atoms with Crippen molar-refractivity contribution in [2.75, 3.05) is 12.4 Å². The largest absolute Gasteiger partial charge is 0.465 e. The summed E-state index contributed by atoms with van der Waals surface area (Å²) in [5.41, 5.74) is 5.57. The van der Waals surface area contributed by atoms with Crippen molar-refractivity contribution in [1.82, 2.24) is 0 Å². The number of rotatable bonds is 2. The number of hydrogen-bond acceptors (Lipinski definition) is 3. The van der Waals surface area contributed by atoms with Gasteiger partial charge in [-0.05, 0) is 78.6 Å². The molecule has 1 N–H and O–H groups in total. The third-order valence-electron chi connectivity index (χ3n) is 6.00. The van der Waals surface area contributed by atoms with E-state index in [-0.39, 0.29) is 12.0 Å². The highest BCUT2D eigenvalue weighted by atomic mass is 35.5. The summed E-state index contributed by atoms with van der Waals surface area (Å²) in [5, 5.41) is 4.58. The van der Waals surface area contributed by atoms with E-state index in [0.717, 1.165) is 10.6 Å². The Hall–Kier alpha value is -2.00. The third kappa shape index (κ3) is 2.99. The van der Waals surface area contributed by atoms with E-state index in [2.05, 4.69) is 30.4 Å². The number of hydrogen-bond donors (Lipinski definition) is 1. The number of ether oxygens (including phenoxy) is 1. The van der Waals surface area contributed by atoms with Crippen molar-refractivity contribution in [3.05, 3.63) is 63.7 Å². The Labute approximate surface area is 159 Å². The standard InChI is InChI=1S/C22H24ClNO2/c1-13-11-14(22(25)26-2)7-9-16(13)21-18-6-4-3-5-17(18)19-12-15(23)8-10-20(19)24-21/h7-12,17-18,21,24H,3-6H2,1-2H3/t17-,18+,21+/m1/s1. The summed E-state index contributed by atoms with van der Waals surface area (Å²) in [5.74, 6) is 0.813. The van der Waals surface area contributed by atoms with Crippen LogP contribution in [0.4, 0.5) is 5.69 Å². The first-order valence-electron chi connectivity index (χ1n) is 9.33. The molecular weight excluding hydrogens is 346 g/mol. The zero-order chi connectivity index (χ0) is 18.3. The molecule has 2 aliphatic rings. The van der Waals surface area contributed by atoms with E-state index in [9.17, 15) is 4.79 Å². The second-order valence-corrected chi connectivity index (χ2v) is 7.91. The zero-order valence-electron chi connectivity index (χ0n) is 15.2. The molecule has 2 aromatic carbocycles. The predicted molar refractivity (Wildman–Crippen MR) is 105 cm³/mol. The lowest BCUT2D eigenvalue weighted by Crippen LogP contribution is -2.34. The summed E-state index contributed by atoms with van der Waals surface area (Å²) < 4.78 is 4.85. The Kier molecular flexibility index (Phi) is 4.66. The fourth-order valence-corrected chi connectivity index (χ4v) is 4.95. The van der Waals surface area contributed by atoms with Gasteiger partial charge in [-0.25, -0.2) is 4.79 Å². The quantitative estimate of drug-likeness (QED) is 0.672. The number of carbonyl (C=O) groups excluding carboxylic acids is 1. The van der Waals surface area contributed by atoms with Gasteiger partial charge in [-0.2, -0.15) is 0 Å². The highest BCUT2D eigenvalue weighted by molar-refractivity contribution is 6.30. The fourth-order valence-electron chi connectivity index (χ4n) is 4.77. The smallest absolute Gasteiger partial charge is 0.337 e. The van der Waals surface area contributed by atoms with Gasteiger partial charge in [0, 0.05) is 10.7 Å². The van der Waals surface area contributed by atoms with Crippen molar-refractivity contribution in [3.63, 3.8) is 0 Å². The van der Waals surface area contributed by atoms with Crippen LogP contribution in [0.15, 0.2) is 36.4 Å². The van der Waals surface area contributed by atoms with E-state index >= 15 is 0 Å². The third-order valence-corrected chi connectivity index (χ3v) is 6.23. The highest BCUT2D eigenvalue weighted by Gasteiger charge is 2.39. The monoisotopic (exact) mass is 369 g/mol. The topological polar surface area (TPSA) is 38.3 Å². The fraction of sp³-hybridized carbons (Fsp3) is 0.409.